The third-order valence-electron chi connectivity index (χ3n) is 23.3. The molecule has 5 fully saturated rings. The molecule has 2 saturated heterocycles. The van der Waals surface area contributed by atoms with Crippen molar-refractivity contribution in [2.75, 3.05) is 33.3 Å². The van der Waals surface area contributed by atoms with Gasteiger partial charge in [0.1, 0.15) is 17.3 Å². The van der Waals surface area contributed by atoms with Crippen LogP contribution in [0.25, 0.3) is 16.7 Å². The van der Waals surface area contributed by atoms with Gasteiger partial charge in [-0.05, 0) is 239 Å². The predicted octanol–water partition coefficient (Wildman–Crippen LogP) is 11.5. The monoisotopic (exact) mass is 1190 g/mol. The molecule has 0 radical (unpaired) electrons. The minimum atomic E-state index is -1.10. The van der Waals surface area contributed by atoms with E-state index in [0.29, 0.717) is 80.2 Å². The lowest BCUT2D eigenvalue weighted by Gasteiger charge is -2.56. The van der Waals surface area contributed by atoms with Crippen LogP contribution < -0.4 is 21.3 Å². The molecule has 14 bridgehead atoms. The Morgan fingerprint density at radius 2 is 1.65 bits per heavy atom. The summed E-state index contributed by atoms with van der Waals surface area (Å²) in [4.78, 5) is 31.0. The van der Waals surface area contributed by atoms with Crippen LogP contribution in [0.5, 0.6) is 5.75 Å². The second kappa shape index (κ2) is 24.2. The van der Waals surface area contributed by atoms with E-state index >= 15 is 9.59 Å². The highest BCUT2D eigenvalue weighted by atomic mass is 16.6. The first-order chi connectivity index (χ1) is 42.7. The molecule has 0 amide bonds. The van der Waals surface area contributed by atoms with E-state index in [0.717, 1.165) is 136 Å². The van der Waals surface area contributed by atoms with Gasteiger partial charge in [-0.2, -0.15) is 0 Å². The van der Waals surface area contributed by atoms with E-state index in [2.05, 4.69) is 106 Å². The molecular weight excluding hydrogens is 1100 g/mol. The van der Waals surface area contributed by atoms with Crippen molar-refractivity contribution in [1.29, 1.82) is 0 Å². The van der Waals surface area contributed by atoms with Crippen molar-refractivity contribution < 1.29 is 39.5 Å². The van der Waals surface area contributed by atoms with E-state index in [1.54, 1.807) is 6.07 Å². The van der Waals surface area contributed by atoms with Crippen molar-refractivity contribution in [3.05, 3.63) is 165 Å². The van der Waals surface area contributed by atoms with Gasteiger partial charge in [0.2, 0.25) is 0 Å². The van der Waals surface area contributed by atoms with Gasteiger partial charge in [-0.25, -0.2) is 9.59 Å². The largest absolute Gasteiger partial charge is 0.508 e. The van der Waals surface area contributed by atoms with Crippen molar-refractivity contribution in [2.24, 2.45) is 58.2 Å². The summed E-state index contributed by atoms with van der Waals surface area (Å²) in [6.45, 7) is 4.49. The fourth-order valence-electron chi connectivity index (χ4n) is 19.2. The Bertz CT molecular complexity index is 3530. The number of aromatic hydroxyl groups is 1. The average molecular weight is 1190 g/mol. The number of carbonyl (C=O) groups is 2. The standard InChI is InChI=1S/C76H90N4O8/c1-73(85)28-11-18-55(75(86)29-7-4-8-30-75)40-53-43-74(54-26-34-79-65(41-54)77-2)31-24-63-60-22-21-59-58-23-32-76(68(59)67(60)71(83)87-63)64(39-49(27-35-81)36-47-12-5-3-6-13-47)88-72(84)69(76)66(58)61-42-56(82)19-20-57(61)51-16-10-15-50(38-51)45-78-33-25-48-14-9-17-52(37-48)70(80-46-73)62(53)44-74/h3,5-6,9-10,12-17,19-20,24,37-39,42,49,53-55,58-59,62,65,68,70,77-82,85-86H,4,7-8,21-23,25-36,40-41,43-46H2,1-2H3/b63-24-,64-39-/t49-,53-,54-,55+,58-,59+,62-,65+,68-,70+,73+,74+,76-/m1/s1. The number of carbonyl (C=O) groups excluding carboxylic acids is 2. The maximum Gasteiger partial charge on any atom is 0.340 e. The molecule has 6 aliphatic carbocycles. The average Bonchev–Trinajstić information content (AvgIpc) is 1.37. The van der Waals surface area contributed by atoms with Crippen LogP contribution in [0.2, 0.25) is 0 Å². The summed E-state index contributed by atoms with van der Waals surface area (Å²) >= 11 is 0. The summed E-state index contributed by atoms with van der Waals surface area (Å²) in [5, 5.41) is 62.4. The number of esters is 2. The number of hydrogen-bond donors (Lipinski definition) is 8. The second-order valence-electron chi connectivity index (χ2n) is 28.6. The molecule has 4 aromatic carbocycles. The van der Waals surface area contributed by atoms with Gasteiger partial charge in [-0.15, -0.1) is 0 Å². The molecule has 12 heteroatoms. The van der Waals surface area contributed by atoms with Gasteiger partial charge in [-0.1, -0.05) is 110 Å². The van der Waals surface area contributed by atoms with Gasteiger partial charge in [-0.3, -0.25) is 0 Å². The first-order valence-corrected chi connectivity index (χ1v) is 33.5. The van der Waals surface area contributed by atoms with E-state index in [9.17, 15) is 20.4 Å². The van der Waals surface area contributed by atoms with Crippen LogP contribution in [0.4, 0.5) is 0 Å². The topological polar surface area (TPSA) is 182 Å². The number of phenolic OH excluding ortho intramolecular Hbond substituents is 1. The Hall–Kier alpha value is -6.14. The maximum absolute atomic E-state index is 15.5. The van der Waals surface area contributed by atoms with Gasteiger partial charge < -0.3 is 51.2 Å². The Balaban J connectivity index is 0.951. The molecule has 12 nitrogen and oxygen atoms in total. The van der Waals surface area contributed by atoms with Crippen molar-refractivity contribution in [1.82, 2.24) is 21.3 Å². The first kappa shape index (κ1) is 59.5. The normalized spacial score (nSPS) is 34.9. The van der Waals surface area contributed by atoms with Crippen LogP contribution in [0.15, 0.2) is 137 Å². The van der Waals surface area contributed by atoms with Crippen molar-refractivity contribution >= 4 is 17.5 Å². The predicted molar refractivity (Wildman–Crippen MR) is 341 cm³/mol. The Kier molecular flexibility index (Phi) is 16.4. The summed E-state index contributed by atoms with van der Waals surface area (Å²) in [5.41, 5.74) is 7.30. The van der Waals surface area contributed by atoms with Crippen LogP contribution >= 0.6 is 0 Å². The van der Waals surface area contributed by atoms with Gasteiger partial charge in [0, 0.05) is 55.1 Å². The number of aliphatic hydroxyl groups excluding tert-OH is 1. The molecule has 88 heavy (non-hydrogen) atoms. The van der Waals surface area contributed by atoms with Gasteiger partial charge in [0.05, 0.1) is 28.4 Å². The number of allylic oxidation sites excluding steroid dienone is 5. The summed E-state index contributed by atoms with van der Waals surface area (Å²) in [6, 6.07) is 33.5. The number of aliphatic hydroxyl groups is 3. The lowest BCUT2D eigenvalue weighted by atomic mass is 9.44. The molecule has 1 spiro atoms. The lowest BCUT2D eigenvalue weighted by molar-refractivity contribution is -0.135. The number of piperidine rings is 1. The zero-order valence-corrected chi connectivity index (χ0v) is 51.6. The fraction of sp³-hybridized carbons (Fsp3) is 0.526. The van der Waals surface area contributed by atoms with E-state index in [1.165, 1.54) is 11.1 Å². The van der Waals surface area contributed by atoms with Gasteiger partial charge in [0.15, 0.2) is 0 Å². The molecule has 462 valence electrons. The van der Waals surface area contributed by atoms with Crippen LogP contribution in [0, 0.1) is 70.0 Å². The number of cyclic esters (lactones) is 1. The molecule has 12 aliphatic rings. The van der Waals surface area contributed by atoms with Crippen molar-refractivity contribution in [3.8, 4) is 28.7 Å². The Morgan fingerprint density at radius 3 is 2.49 bits per heavy atom. The summed E-state index contributed by atoms with van der Waals surface area (Å²) in [5.74, 6) is 7.41. The molecular formula is C76H90N4O8. The zero-order chi connectivity index (χ0) is 60.4. The summed E-state index contributed by atoms with van der Waals surface area (Å²) in [6.07, 6.45) is 19.3. The fourth-order valence-corrected chi connectivity index (χ4v) is 19.2. The van der Waals surface area contributed by atoms with E-state index in [1.807, 2.05) is 44.3 Å². The number of rotatable bonds is 8. The quantitative estimate of drug-likeness (QED) is 0.0619. The lowest BCUT2D eigenvalue weighted by Crippen LogP contribution is -2.52. The van der Waals surface area contributed by atoms with Crippen molar-refractivity contribution in [3.63, 3.8) is 0 Å². The minimum Gasteiger partial charge on any atom is -0.508 e. The molecule has 13 atom stereocenters. The highest BCUT2D eigenvalue weighted by molar-refractivity contribution is 6.07. The van der Waals surface area contributed by atoms with Crippen LogP contribution in [0.3, 0.4) is 0 Å². The Labute approximate surface area is 520 Å². The summed E-state index contributed by atoms with van der Waals surface area (Å²) < 4.78 is 13.6. The molecule has 0 aromatic heterocycles. The molecule has 16 rings (SSSR count). The van der Waals surface area contributed by atoms with Crippen LogP contribution in [-0.2, 0) is 38.4 Å². The molecule has 3 saturated carbocycles. The molecule has 6 heterocycles. The molecule has 8 N–H and O–H groups in total. The van der Waals surface area contributed by atoms with Crippen LogP contribution in [-0.4, -0.2) is 83.0 Å². The number of fused-ring (bicyclic) bond motifs is 5. The molecule has 0 unspecified atom stereocenters. The number of β-amino-alcohol motifs (C(OH)–C–C–N with tert-alkyl or cyclic N) is 1. The second-order valence-corrected chi connectivity index (χ2v) is 28.6. The highest BCUT2D eigenvalue weighted by Gasteiger charge is 2.69. The number of benzene rings is 4. The SMILES string of the molecule is CN[C@@H]1C[C@H]([C@@]23C/C=C4\OC(=O)C5=C4CC[C@H]4[C@H]6CC[C@]7(C(=C6c6cc(O)ccc6-c6cccc(c6)CNCCc6cccc(c6)[C@@H]6NC[C@@](C)(O)CC#C[C@H](C8(O)CCCCC8)C[C@H](C2)[C@H]6C3)C(=O)O/C7=C\[C@H](CCO)Cc2ccccc2)[C@@H]54)CCN1. The number of phenols is 1. The first-order valence-electron chi connectivity index (χ1n) is 33.5. The van der Waals surface area contributed by atoms with E-state index < -0.39 is 28.5 Å². The zero-order valence-electron chi connectivity index (χ0n) is 51.6. The third kappa shape index (κ3) is 11.0. The number of hydrogen-bond acceptors (Lipinski definition) is 12. The maximum atomic E-state index is 15.5. The highest BCUT2D eigenvalue weighted by Crippen LogP contribution is 2.72. The van der Waals surface area contributed by atoms with Gasteiger partial charge in [0.25, 0.3) is 0 Å². The third-order valence-corrected chi connectivity index (χ3v) is 23.3. The number of nitrogens with one attached hydrogen (secondary N) is 4. The van der Waals surface area contributed by atoms with Crippen LogP contribution in [0.1, 0.15) is 150 Å². The summed E-state index contributed by atoms with van der Waals surface area (Å²) in [7, 11) is 2.05. The minimum absolute atomic E-state index is 0.0393. The molecule has 4 aromatic rings. The molecule has 6 aliphatic heterocycles. The smallest absolute Gasteiger partial charge is 0.340 e. The van der Waals surface area contributed by atoms with E-state index in [-0.39, 0.29) is 71.5 Å². The Morgan fingerprint density at radius 1 is 0.807 bits per heavy atom. The van der Waals surface area contributed by atoms with E-state index in [4.69, 9.17) is 9.47 Å². The number of ether oxygens (including phenoxy) is 2. The van der Waals surface area contributed by atoms with Gasteiger partial charge >= 0.3 is 11.9 Å². The van der Waals surface area contributed by atoms with Crippen molar-refractivity contribution in [2.45, 2.75) is 159 Å².